The molecule has 1 unspecified atom stereocenters. The molecule has 0 saturated carbocycles. The van der Waals surface area contributed by atoms with Crippen molar-refractivity contribution >= 4 is 10.0 Å². The average molecular weight is 340 g/mol. The van der Waals surface area contributed by atoms with Crippen LogP contribution in [0.2, 0.25) is 0 Å². The summed E-state index contributed by atoms with van der Waals surface area (Å²) in [4.78, 5) is 4.78. The second kappa shape index (κ2) is 8.24. The van der Waals surface area contributed by atoms with Crippen molar-refractivity contribution in [1.29, 1.82) is 0 Å². The van der Waals surface area contributed by atoms with Gasteiger partial charge in [-0.05, 0) is 26.0 Å². The Morgan fingerprint density at radius 1 is 1.22 bits per heavy atom. The summed E-state index contributed by atoms with van der Waals surface area (Å²) in [5, 5.41) is 0. The molecule has 5 nitrogen and oxygen atoms in total. The number of hydrogen-bond donors (Lipinski definition) is 1. The van der Waals surface area contributed by atoms with Gasteiger partial charge in [0.25, 0.3) is 0 Å². The van der Waals surface area contributed by atoms with E-state index in [0.29, 0.717) is 6.54 Å². The molecule has 1 aliphatic heterocycles. The van der Waals surface area contributed by atoms with E-state index in [4.69, 9.17) is 0 Å². The van der Waals surface area contributed by atoms with Crippen molar-refractivity contribution in [3.05, 3.63) is 35.4 Å². The molecule has 23 heavy (non-hydrogen) atoms. The SMILES string of the molecule is CCN1CCN(C(C)CNS(=O)(=O)Cc2cccc(C)c2)CC1. The fourth-order valence-electron chi connectivity index (χ4n) is 2.97. The Labute approximate surface area is 140 Å². The normalized spacial score (nSPS) is 18.9. The van der Waals surface area contributed by atoms with Crippen LogP contribution in [0.1, 0.15) is 25.0 Å². The first kappa shape index (κ1) is 18.4. The Kier molecular flexibility index (Phi) is 6.59. The number of aryl methyl sites for hydroxylation is 1. The van der Waals surface area contributed by atoms with Crippen LogP contribution in [0, 0.1) is 6.92 Å². The third kappa shape index (κ3) is 5.88. The lowest BCUT2D eigenvalue weighted by Crippen LogP contribution is -2.52. The van der Waals surface area contributed by atoms with Crippen LogP contribution < -0.4 is 4.72 Å². The predicted molar refractivity (Wildman–Crippen MR) is 95.0 cm³/mol. The lowest BCUT2D eigenvalue weighted by atomic mass is 10.2. The largest absolute Gasteiger partial charge is 0.301 e. The maximum atomic E-state index is 12.3. The van der Waals surface area contributed by atoms with E-state index in [1.54, 1.807) is 0 Å². The monoisotopic (exact) mass is 339 g/mol. The van der Waals surface area contributed by atoms with Crippen LogP contribution in [-0.2, 0) is 15.8 Å². The molecule has 1 atom stereocenters. The van der Waals surface area contributed by atoms with E-state index in [-0.39, 0.29) is 11.8 Å². The van der Waals surface area contributed by atoms with Gasteiger partial charge in [-0.2, -0.15) is 0 Å². The van der Waals surface area contributed by atoms with Crippen LogP contribution in [-0.4, -0.2) is 63.5 Å². The number of hydrogen-bond acceptors (Lipinski definition) is 4. The van der Waals surface area contributed by atoms with Gasteiger partial charge in [-0.25, -0.2) is 13.1 Å². The Morgan fingerprint density at radius 3 is 2.52 bits per heavy atom. The maximum absolute atomic E-state index is 12.3. The van der Waals surface area contributed by atoms with Crippen LogP contribution in [0.15, 0.2) is 24.3 Å². The lowest BCUT2D eigenvalue weighted by Gasteiger charge is -2.37. The molecule has 1 fully saturated rings. The van der Waals surface area contributed by atoms with Gasteiger partial charge in [-0.1, -0.05) is 36.8 Å². The molecular formula is C17H29N3O2S. The second-order valence-corrected chi connectivity index (χ2v) is 8.22. The Hall–Kier alpha value is -0.950. The predicted octanol–water partition coefficient (Wildman–Crippen LogP) is 1.44. The van der Waals surface area contributed by atoms with Crippen molar-refractivity contribution in [3.8, 4) is 0 Å². The van der Waals surface area contributed by atoms with Crippen molar-refractivity contribution in [2.45, 2.75) is 32.6 Å². The molecule has 0 spiro atoms. The first-order chi connectivity index (χ1) is 10.9. The third-order valence-corrected chi connectivity index (χ3v) is 5.84. The summed E-state index contributed by atoms with van der Waals surface area (Å²) in [5.41, 5.74) is 1.92. The number of sulfonamides is 1. The number of benzene rings is 1. The van der Waals surface area contributed by atoms with E-state index >= 15 is 0 Å². The van der Waals surface area contributed by atoms with E-state index in [2.05, 4.69) is 28.4 Å². The molecule has 2 rings (SSSR count). The maximum Gasteiger partial charge on any atom is 0.215 e. The fraction of sp³-hybridized carbons (Fsp3) is 0.647. The second-order valence-electron chi connectivity index (χ2n) is 6.42. The molecule has 0 aromatic heterocycles. The van der Waals surface area contributed by atoms with Crippen LogP contribution >= 0.6 is 0 Å². The van der Waals surface area contributed by atoms with Gasteiger partial charge in [0.15, 0.2) is 0 Å². The number of rotatable bonds is 7. The van der Waals surface area contributed by atoms with Crippen molar-refractivity contribution in [2.75, 3.05) is 39.3 Å². The van der Waals surface area contributed by atoms with E-state index in [0.717, 1.165) is 43.9 Å². The first-order valence-corrected chi connectivity index (χ1v) is 10.0. The quantitative estimate of drug-likeness (QED) is 0.817. The van der Waals surface area contributed by atoms with Crippen LogP contribution in [0.4, 0.5) is 0 Å². The molecule has 1 aliphatic rings. The summed E-state index contributed by atoms with van der Waals surface area (Å²) < 4.78 is 27.3. The molecule has 1 saturated heterocycles. The van der Waals surface area contributed by atoms with Crippen LogP contribution in [0.3, 0.4) is 0 Å². The molecule has 1 N–H and O–H groups in total. The fourth-order valence-corrected chi connectivity index (χ4v) is 4.18. The zero-order chi connectivity index (χ0) is 16.9. The Bertz CT molecular complexity index is 596. The summed E-state index contributed by atoms with van der Waals surface area (Å²) in [6, 6.07) is 7.88. The van der Waals surface area contributed by atoms with Gasteiger partial charge in [0.2, 0.25) is 10.0 Å². The first-order valence-electron chi connectivity index (χ1n) is 8.39. The molecule has 1 aromatic rings. The molecule has 1 heterocycles. The molecule has 130 valence electrons. The highest BCUT2D eigenvalue weighted by Crippen LogP contribution is 2.09. The molecule has 0 amide bonds. The van der Waals surface area contributed by atoms with Gasteiger partial charge in [0, 0.05) is 38.8 Å². The lowest BCUT2D eigenvalue weighted by molar-refractivity contribution is 0.107. The van der Waals surface area contributed by atoms with Crippen LogP contribution in [0.5, 0.6) is 0 Å². The number of nitrogens with one attached hydrogen (secondary N) is 1. The highest BCUT2D eigenvalue weighted by molar-refractivity contribution is 7.88. The summed E-state index contributed by atoms with van der Waals surface area (Å²) in [6.07, 6.45) is 0. The molecule has 1 aromatic carbocycles. The van der Waals surface area contributed by atoms with Gasteiger partial charge >= 0.3 is 0 Å². The standard InChI is InChI=1S/C17H29N3O2S/c1-4-19-8-10-20(11-9-19)16(3)13-18-23(21,22)14-17-7-5-6-15(2)12-17/h5-7,12,16,18H,4,8-11,13-14H2,1-3H3. The van der Waals surface area contributed by atoms with Gasteiger partial charge in [0.05, 0.1) is 5.75 Å². The molecular weight excluding hydrogens is 310 g/mol. The molecule has 0 aliphatic carbocycles. The third-order valence-electron chi connectivity index (χ3n) is 4.52. The van der Waals surface area contributed by atoms with E-state index in [1.807, 2.05) is 31.2 Å². The van der Waals surface area contributed by atoms with E-state index in [9.17, 15) is 8.42 Å². The summed E-state index contributed by atoms with van der Waals surface area (Å²) >= 11 is 0. The van der Waals surface area contributed by atoms with Crippen molar-refractivity contribution in [3.63, 3.8) is 0 Å². The van der Waals surface area contributed by atoms with E-state index in [1.165, 1.54) is 0 Å². The van der Waals surface area contributed by atoms with Gasteiger partial charge in [-0.3, -0.25) is 4.90 Å². The minimum absolute atomic E-state index is 0.0466. The topological polar surface area (TPSA) is 52.6 Å². The van der Waals surface area contributed by atoms with Gasteiger partial charge < -0.3 is 4.90 Å². The number of likely N-dealkylation sites (N-methyl/N-ethyl adjacent to an activating group) is 1. The highest BCUT2D eigenvalue weighted by Gasteiger charge is 2.21. The van der Waals surface area contributed by atoms with Gasteiger partial charge in [0.1, 0.15) is 0 Å². The van der Waals surface area contributed by atoms with Gasteiger partial charge in [-0.15, -0.1) is 0 Å². The molecule has 0 radical (unpaired) electrons. The summed E-state index contributed by atoms with van der Waals surface area (Å²) in [6.45, 7) is 12.0. The zero-order valence-corrected chi connectivity index (χ0v) is 15.3. The van der Waals surface area contributed by atoms with Crippen LogP contribution in [0.25, 0.3) is 0 Å². The number of nitrogens with zero attached hydrogens (tertiary/aromatic N) is 2. The minimum atomic E-state index is -3.29. The Morgan fingerprint density at radius 2 is 1.91 bits per heavy atom. The van der Waals surface area contributed by atoms with Crippen molar-refractivity contribution in [1.82, 2.24) is 14.5 Å². The smallest absolute Gasteiger partial charge is 0.215 e. The van der Waals surface area contributed by atoms with E-state index < -0.39 is 10.0 Å². The zero-order valence-electron chi connectivity index (χ0n) is 14.5. The highest BCUT2D eigenvalue weighted by atomic mass is 32.2. The van der Waals surface area contributed by atoms with Crippen molar-refractivity contribution < 1.29 is 8.42 Å². The summed E-state index contributed by atoms with van der Waals surface area (Å²) in [7, 11) is -3.29. The Balaban J connectivity index is 1.82. The molecule has 6 heteroatoms. The molecule has 0 bridgehead atoms. The summed E-state index contributed by atoms with van der Waals surface area (Å²) in [5.74, 6) is 0.0466. The average Bonchev–Trinajstić information content (AvgIpc) is 2.52. The minimum Gasteiger partial charge on any atom is -0.301 e. The van der Waals surface area contributed by atoms with Crippen molar-refractivity contribution in [2.24, 2.45) is 0 Å². The number of piperazine rings is 1.